The number of aliphatic hydroxyl groups is 1. The van der Waals surface area contributed by atoms with E-state index >= 15 is 0 Å². The molecule has 0 aliphatic heterocycles. The Kier molecular flexibility index (Phi) is 6.63. The lowest BCUT2D eigenvalue weighted by Gasteiger charge is -2.19. The van der Waals surface area contributed by atoms with Crippen LogP contribution in [0.2, 0.25) is 0 Å². The van der Waals surface area contributed by atoms with Gasteiger partial charge in [0.1, 0.15) is 0 Å². The van der Waals surface area contributed by atoms with E-state index in [0.29, 0.717) is 5.92 Å². The van der Waals surface area contributed by atoms with Gasteiger partial charge in [0.2, 0.25) is 0 Å². The SMILES string of the molecule is CCCC[C@@H](CC)[C@@H](O)CC. The van der Waals surface area contributed by atoms with E-state index in [-0.39, 0.29) is 6.10 Å². The summed E-state index contributed by atoms with van der Waals surface area (Å²) in [5.41, 5.74) is 0. The maximum Gasteiger partial charge on any atom is 0.0565 e. The molecule has 0 saturated heterocycles. The van der Waals surface area contributed by atoms with Gasteiger partial charge in [-0.3, -0.25) is 0 Å². The first kappa shape index (κ1) is 11.0. The van der Waals surface area contributed by atoms with E-state index in [2.05, 4.69) is 20.8 Å². The molecule has 0 fully saturated rings. The second-order valence-corrected chi connectivity index (χ2v) is 3.29. The molecule has 1 nitrogen and oxygen atoms in total. The standard InChI is InChI=1S/C10H22O/c1-4-7-8-9(5-2)10(11)6-3/h9-11H,4-8H2,1-3H3/t9-,10+/m1/s1. The van der Waals surface area contributed by atoms with Gasteiger partial charge < -0.3 is 5.11 Å². The number of unbranched alkanes of at least 4 members (excludes halogenated alkanes) is 1. The summed E-state index contributed by atoms with van der Waals surface area (Å²) in [6.45, 7) is 6.42. The fourth-order valence-corrected chi connectivity index (χ4v) is 1.47. The average Bonchev–Trinajstić information content (AvgIpc) is 2.05. The topological polar surface area (TPSA) is 20.2 Å². The lowest BCUT2D eigenvalue weighted by Crippen LogP contribution is -2.18. The molecule has 68 valence electrons. The average molecular weight is 158 g/mol. The van der Waals surface area contributed by atoms with Crippen molar-refractivity contribution in [1.29, 1.82) is 0 Å². The minimum atomic E-state index is -0.0634. The van der Waals surface area contributed by atoms with E-state index in [1.807, 2.05) is 0 Å². The van der Waals surface area contributed by atoms with E-state index in [4.69, 9.17) is 0 Å². The summed E-state index contributed by atoms with van der Waals surface area (Å²) in [5, 5.41) is 9.54. The van der Waals surface area contributed by atoms with Crippen LogP contribution in [0, 0.1) is 5.92 Å². The molecule has 0 aromatic heterocycles. The maximum absolute atomic E-state index is 9.54. The third-order valence-electron chi connectivity index (χ3n) is 2.42. The molecule has 1 N–H and O–H groups in total. The van der Waals surface area contributed by atoms with Crippen molar-refractivity contribution in [2.45, 2.75) is 59.0 Å². The van der Waals surface area contributed by atoms with E-state index in [9.17, 15) is 5.11 Å². The van der Waals surface area contributed by atoms with E-state index in [0.717, 1.165) is 12.8 Å². The lowest BCUT2D eigenvalue weighted by atomic mass is 9.92. The zero-order valence-corrected chi connectivity index (χ0v) is 8.14. The summed E-state index contributed by atoms with van der Waals surface area (Å²) < 4.78 is 0. The van der Waals surface area contributed by atoms with Crippen molar-refractivity contribution in [3.63, 3.8) is 0 Å². The van der Waals surface area contributed by atoms with Crippen molar-refractivity contribution < 1.29 is 5.11 Å². The zero-order chi connectivity index (χ0) is 8.69. The number of hydrogen-bond donors (Lipinski definition) is 1. The lowest BCUT2D eigenvalue weighted by molar-refractivity contribution is 0.0949. The molecule has 0 aromatic carbocycles. The van der Waals surface area contributed by atoms with Crippen LogP contribution in [-0.2, 0) is 0 Å². The Morgan fingerprint density at radius 1 is 1.09 bits per heavy atom. The first-order valence-corrected chi connectivity index (χ1v) is 4.94. The Hall–Kier alpha value is -0.0400. The van der Waals surface area contributed by atoms with Crippen LogP contribution in [0.15, 0.2) is 0 Å². The van der Waals surface area contributed by atoms with Crippen LogP contribution in [0.4, 0.5) is 0 Å². The van der Waals surface area contributed by atoms with Crippen molar-refractivity contribution in [2.24, 2.45) is 5.92 Å². The van der Waals surface area contributed by atoms with E-state index in [1.165, 1.54) is 19.3 Å². The molecule has 2 atom stereocenters. The minimum absolute atomic E-state index is 0.0634. The highest BCUT2D eigenvalue weighted by Gasteiger charge is 2.13. The molecule has 1 heteroatoms. The minimum Gasteiger partial charge on any atom is -0.393 e. The van der Waals surface area contributed by atoms with Crippen LogP contribution >= 0.6 is 0 Å². The Bertz CT molecular complexity index is 80.9. The quantitative estimate of drug-likeness (QED) is 0.630. The zero-order valence-electron chi connectivity index (χ0n) is 8.14. The first-order valence-electron chi connectivity index (χ1n) is 4.94. The molecule has 0 aromatic rings. The number of hydrogen-bond acceptors (Lipinski definition) is 1. The van der Waals surface area contributed by atoms with Crippen molar-refractivity contribution in [2.75, 3.05) is 0 Å². The summed E-state index contributed by atoms with van der Waals surface area (Å²) in [5.74, 6) is 0.542. The molecule has 0 heterocycles. The van der Waals surface area contributed by atoms with Gasteiger partial charge in [-0.05, 0) is 18.8 Å². The molecular weight excluding hydrogens is 136 g/mol. The molecule has 0 bridgehead atoms. The summed E-state index contributed by atoms with van der Waals surface area (Å²) in [4.78, 5) is 0. The van der Waals surface area contributed by atoms with Crippen molar-refractivity contribution in [3.8, 4) is 0 Å². The largest absolute Gasteiger partial charge is 0.393 e. The molecular formula is C10H22O. The Morgan fingerprint density at radius 2 is 1.73 bits per heavy atom. The molecule has 0 unspecified atom stereocenters. The molecule has 0 aliphatic carbocycles. The fraction of sp³-hybridized carbons (Fsp3) is 1.00. The highest BCUT2D eigenvalue weighted by atomic mass is 16.3. The number of rotatable bonds is 6. The van der Waals surface area contributed by atoms with Gasteiger partial charge in [-0.2, -0.15) is 0 Å². The normalized spacial score (nSPS) is 16.4. The summed E-state index contributed by atoms with van der Waals surface area (Å²) in [6, 6.07) is 0. The molecule has 0 rings (SSSR count). The maximum atomic E-state index is 9.54. The second-order valence-electron chi connectivity index (χ2n) is 3.29. The predicted molar refractivity (Wildman–Crippen MR) is 49.6 cm³/mol. The molecule has 11 heavy (non-hydrogen) atoms. The Labute approximate surface area is 70.8 Å². The van der Waals surface area contributed by atoms with E-state index in [1.54, 1.807) is 0 Å². The smallest absolute Gasteiger partial charge is 0.0565 e. The number of aliphatic hydroxyl groups excluding tert-OH is 1. The van der Waals surface area contributed by atoms with Gasteiger partial charge in [0.25, 0.3) is 0 Å². The Morgan fingerprint density at radius 3 is 2.09 bits per heavy atom. The van der Waals surface area contributed by atoms with Gasteiger partial charge >= 0.3 is 0 Å². The van der Waals surface area contributed by atoms with Crippen LogP contribution in [0.25, 0.3) is 0 Å². The van der Waals surface area contributed by atoms with Gasteiger partial charge in [-0.25, -0.2) is 0 Å². The highest BCUT2D eigenvalue weighted by Crippen LogP contribution is 2.18. The van der Waals surface area contributed by atoms with Gasteiger partial charge in [-0.15, -0.1) is 0 Å². The van der Waals surface area contributed by atoms with Crippen LogP contribution in [0.5, 0.6) is 0 Å². The first-order chi connectivity index (χ1) is 5.26. The molecule has 0 amide bonds. The molecule has 0 radical (unpaired) electrons. The predicted octanol–water partition coefficient (Wildman–Crippen LogP) is 2.97. The highest BCUT2D eigenvalue weighted by molar-refractivity contribution is 4.65. The van der Waals surface area contributed by atoms with Gasteiger partial charge in [0.15, 0.2) is 0 Å². The Balaban J connectivity index is 3.56. The van der Waals surface area contributed by atoms with Crippen LogP contribution < -0.4 is 0 Å². The van der Waals surface area contributed by atoms with E-state index < -0.39 is 0 Å². The summed E-state index contributed by atoms with van der Waals surface area (Å²) >= 11 is 0. The van der Waals surface area contributed by atoms with Crippen LogP contribution in [-0.4, -0.2) is 11.2 Å². The summed E-state index contributed by atoms with van der Waals surface area (Å²) in [6.07, 6.45) is 5.66. The van der Waals surface area contributed by atoms with Crippen molar-refractivity contribution in [1.82, 2.24) is 0 Å². The summed E-state index contributed by atoms with van der Waals surface area (Å²) in [7, 11) is 0. The second kappa shape index (κ2) is 6.66. The van der Waals surface area contributed by atoms with Crippen molar-refractivity contribution in [3.05, 3.63) is 0 Å². The van der Waals surface area contributed by atoms with Gasteiger partial charge in [0, 0.05) is 0 Å². The molecule has 0 spiro atoms. The third kappa shape index (κ3) is 4.41. The molecule has 0 aliphatic rings. The molecule has 0 saturated carbocycles. The van der Waals surface area contributed by atoms with Crippen LogP contribution in [0.1, 0.15) is 52.9 Å². The van der Waals surface area contributed by atoms with Gasteiger partial charge in [0.05, 0.1) is 6.10 Å². The third-order valence-corrected chi connectivity index (χ3v) is 2.42. The fourth-order valence-electron chi connectivity index (χ4n) is 1.47. The monoisotopic (exact) mass is 158 g/mol. The van der Waals surface area contributed by atoms with Crippen molar-refractivity contribution >= 4 is 0 Å². The van der Waals surface area contributed by atoms with Crippen LogP contribution in [0.3, 0.4) is 0 Å². The van der Waals surface area contributed by atoms with Gasteiger partial charge in [-0.1, -0.05) is 40.0 Å².